The van der Waals surface area contributed by atoms with Gasteiger partial charge in [-0.05, 0) is 6.42 Å². The minimum atomic E-state index is -0.995. The van der Waals surface area contributed by atoms with Crippen LogP contribution in [0.1, 0.15) is 26.2 Å². The number of hydrogen-bond donors (Lipinski definition) is 2. The molecule has 0 saturated carbocycles. The van der Waals surface area contributed by atoms with Crippen molar-refractivity contribution in [3.8, 4) is 0 Å². The topological polar surface area (TPSA) is 118 Å². The Bertz CT molecular complexity index is 420. The number of hydrogen-bond acceptors (Lipinski definition) is 6. The summed E-state index contributed by atoms with van der Waals surface area (Å²) in [6.07, 6.45) is 4.16. The molecule has 1 rings (SSSR count). The van der Waals surface area contributed by atoms with Crippen molar-refractivity contribution in [3.63, 3.8) is 0 Å². The maximum atomic E-state index is 11.0. The Labute approximate surface area is 103 Å². The first-order chi connectivity index (χ1) is 8.54. The molecular weight excluding hydrogens is 240 g/mol. The number of aliphatic carboxylic acids is 1. The van der Waals surface area contributed by atoms with Crippen molar-refractivity contribution in [3.05, 3.63) is 22.5 Å². The molecule has 8 nitrogen and oxygen atoms in total. The molecule has 0 bridgehead atoms. The molecule has 8 heteroatoms. The van der Waals surface area contributed by atoms with Crippen molar-refractivity contribution in [1.82, 2.24) is 9.97 Å². The molecule has 0 fully saturated rings. The third kappa shape index (κ3) is 3.96. The summed E-state index contributed by atoms with van der Waals surface area (Å²) < 4.78 is 0. The quantitative estimate of drug-likeness (QED) is 0.558. The van der Waals surface area contributed by atoms with Crippen LogP contribution < -0.4 is 5.32 Å². The van der Waals surface area contributed by atoms with E-state index in [1.807, 2.05) is 6.92 Å². The minimum absolute atomic E-state index is 0.0732. The van der Waals surface area contributed by atoms with Gasteiger partial charge in [0.25, 0.3) is 0 Å². The molecule has 0 unspecified atom stereocenters. The van der Waals surface area contributed by atoms with Gasteiger partial charge in [0.1, 0.15) is 18.4 Å². The second-order valence-electron chi connectivity index (χ2n) is 3.70. The smallest absolute Gasteiger partial charge is 0.326 e. The average Bonchev–Trinajstić information content (AvgIpc) is 2.34. The van der Waals surface area contributed by atoms with E-state index in [0.717, 1.165) is 25.2 Å². The SMILES string of the molecule is CCCC[C@H](Nc1ncc([N+](=O)[O-])cn1)C(=O)O. The normalized spacial score (nSPS) is 11.8. The molecule has 1 aromatic heterocycles. The van der Waals surface area contributed by atoms with Crippen LogP contribution in [-0.2, 0) is 4.79 Å². The van der Waals surface area contributed by atoms with Crippen LogP contribution in [-0.4, -0.2) is 32.0 Å². The fourth-order valence-electron chi connectivity index (χ4n) is 1.31. The number of aromatic nitrogens is 2. The van der Waals surface area contributed by atoms with E-state index in [2.05, 4.69) is 15.3 Å². The molecule has 1 aromatic rings. The van der Waals surface area contributed by atoms with Crippen LogP contribution in [0, 0.1) is 10.1 Å². The van der Waals surface area contributed by atoms with Crippen LogP contribution in [0.25, 0.3) is 0 Å². The van der Waals surface area contributed by atoms with E-state index in [1.54, 1.807) is 0 Å². The number of unbranched alkanes of at least 4 members (excludes halogenated alkanes) is 1. The predicted octanol–water partition coefficient (Wildman–Crippen LogP) is 1.44. The molecule has 0 amide bonds. The van der Waals surface area contributed by atoms with E-state index in [9.17, 15) is 14.9 Å². The Morgan fingerprint density at radius 3 is 2.61 bits per heavy atom. The van der Waals surface area contributed by atoms with Crippen LogP contribution in [0.5, 0.6) is 0 Å². The highest BCUT2D eigenvalue weighted by molar-refractivity contribution is 5.76. The van der Waals surface area contributed by atoms with Gasteiger partial charge in [0.15, 0.2) is 0 Å². The molecule has 0 spiro atoms. The van der Waals surface area contributed by atoms with Crippen molar-refractivity contribution in [2.24, 2.45) is 0 Å². The van der Waals surface area contributed by atoms with Gasteiger partial charge in [-0.1, -0.05) is 19.8 Å². The summed E-state index contributed by atoms with van der Waals surface area (Å²) in [6, 6.07) is -0.786. The zero-order valence-electron chi connectivity index (χ0n) is 9.87. The lowest BCUT2D eigenvalue weighted by Crippen LogP contribution is -2.30. The minimum Gasteiger partial charge on any atom is -0.480 e. The van der Waals surface area contributed by atoms with Gasteiger partial charge in [-0.3, -0.25) is 10.1 Å². The first-order valence-corrected chi connectivity index (χ1v) is 5.50. The highest BCUT2D eigenvalue weighted by atomic mass is 16.6. The zero-order chi connectivity index (χ0) is 13.5. The van der Waals surface area contributed by atoms with E-state index in [0.29, 0.717) is 6.42 Å². The second kappa shape index (κ2) is 6.48. The lowest BCUT2D eigenvalue weighted by atomic mass is 10.1. The lowest BCUT2D eigenvalue weighted by Gasteiger charge is -2.13. The summed E-state index contributed by atoms with van der Waals surface area (Å²) in [5, 5.41) is 22.0. The molecule has 1 atom stereocenters. The fourth-order valence-corrected chi connectivity index (χ4v) is 1.31. The summed E-state index contributed by atoms with van der Waals surface area (Å²) in [7, 11) is 0. The third-order valence-electron chi connectivity index (χ3n) is 2.30. The predicted molar refractivity (Wildman–Crippen MR) is 63.3 cm³/mol. The fraction of sp³-hybridized carbons (Fsp3) is 0.500. The van der Waals surface area contributed by atoms with Crippen LogP contribution >= 0.6 is 0 Å². The van der Waals surface area contributed by atoms with E-state index in [1.165, 1.54) is 0 Å². The van der Waals surface area contributed by atoms with Gasteiger partial charge >= 0.3 is 11.7 Å². The van der Waals surface area contributed by atoms with E-state index >= 15 is 0 Å². The number of nitro groups is 1. The molecule has 0 aliphatic heterocycles. The molecule has 0 aliphatic carbocycles. The standard InChI is InChI=1S/C10H14N4O4/c1-2-3-4-8(9(15)16)13-10-11-5-7(6-12-10)14(17)18/h5-6,8H,2-4H2,1H3,(H,15,16)(H,11,12,13)/t8-/m0/s1. The van der Waals surface area contributed by atoms with Crippen LogP contribution in [0.4, 0.5) is 11.6 Å². The van der Waals surface area contributed by atoms with Gasteiger partial charge < -0.3 is 10.4 Å². The Kier molecular flexibility index (Phi) is 4.97. The molecular formula is C10H14N4O4. The highest BCUT2D eigenvalue weighted by Gasteiger charge is 2.18. The number of nitrogens with zero attached hydrogens (tertiary/aromatic N) is 3. The van der Waals surface area contributed by atoms with Crippen LogP contribution in [0.3, 0.4) is 0 Å². The molecule has 18 heavy (non-hydrogen) atoms. The maximum absolute atomic E-state index is 11.0. The van der Waals surface area contributed by atoms with Gasteiger partial charge in [-0.15, -0.1) is 0 Å². The second-order valence-corrected chi connectivity index (χ2v) is 3.70. The van der Waals surface area contributed by atoms with Gasteiger partial charge in [-0.25, -0.2) is 14.8 Å². The number of nitrogens with one attached hydrogen (secondary N) is 1. The summed E-state index contributed by atoms with van der Waals surface area (Å²) in [5.41, 5.74) is -0.235. The van der Waals surface area contributed by atoms with E-state index in [4.69, 9.17) is 5.11 Å². The average molecular weight is 254 g/mol. The first-order valence-electron chi connectivity index (χ1n) is 5.50. The van der Waals surface area contributed by atoms with Crippen molar-refractivity contribution in [1.29, 1.82) is 0 Å². The molecule has 0 saturated heterocycles. The first kappa shape index (κ1) is 13.8. The van der Waals surface area contributed by atoms with E-state index < -0.39 is 16.9 Å². The Morgan fingerprint density at radius 2 is 2.17 bits per heavy atom. The van der Waals surface area contributed by atoms with Gasteiger partial charge in [0.2, 0.25) is 5.95 Å². The van der Waals surface area contributed by atoms with Crippen LogP contribution in [0.2, 0.25) is 0 Å². The number of anilines is 1. The molecule has 2 N–H and O–H groups in total. The summed E-state index contributed by atoms with van der Waals surface area (Å²) in [4.78, 5) is 28.1. The van der Waals surface area contributed by atoms with Gasteiger partial charge in [-0.2, -0.15) is 0 Å². The Morgan fingerprint density at radius 1 is 1.56 bits per heavy atom. The van der Waals surface area contributed by atoms with Gasteiger partial charge in [0, 0.05) is 0 Å². The summed E-state index contributed by atoms with van der Waals surface area (Å²) in [5.74, 6) is -0.922. The molecule has 0 aromatic carbocycles. The number of carboxylic acid groups (broad SMARTS) is 1. The molecule has 1 heterocycles. The summed E-state index contributed by atoms with van der Waals surface area (Å²) >= 11 is 0. The monoisotopic (exact) mass is 254 g/mol. The molecule has 0 aliphatic rings. The van der Waals surface area contributed by atoms with Crippen molar-refractivity contribution in [2.75, 3.05) is 5.32 Å². The highest BCUT2D eigenvalue weighted by Crippen LogP contribution is 2.11. The number of rotatable bonds is 7. The van der Waals surface area contributed by atoms with Gasteiger partial charge in [0.05, 0.1) is 4.92 Å². The number of carboxylic acids is 1. The van der Waals surface area contributed by atoms with E-state index in [-0.39, 0.29) is 11.6 Å². The number of carbonyl (C=O) groups is 1. The zero-order valence-corrected chi connectivity index (χ0v) is 9.87. The van der Waals surface area contributed by atoms with Crippen molar-refractivity contribution in [2.45, 2.75) is 32.2 Å². The van der Waals surface area contributed by atoms with Crippen LogP contribution in [0.15, 0.2) is 12.4 Å². The molecule has 0 radical (unpaired) electrons. The Hall–Kier alpha value is -2.25. The largest absolute Gasteiger partial charge is 0.480 e. The molecule has 98 valence electrons. The van der Waals surface area contributed by atoms with Crippen molar-refractivity contribution >= 4 is 17.6 Å². The summed E-state index contributed by atoms with van der Waals surface area (Å²) in [6.45, 7) is 1.96. The third-order valence-corrected chi connectivity index (χ3v) is 2.30. The van der Waals surface area contributed by atoms with Crippen molar-refractivity contribution < 1.29 is 14.8 Å². The lowest BCUT2D eigenvalue weighted by molar-refractivity contribution is -0.385. The maximum Gasteiger partial charge on any atom is 0.326 e. The Balaban J connectivity index is 2.68.